The second kappa shape index (κ2) is 8.51. The smallest absolute Gasteiger partial charge is 0.225 e. The molecule has 1 saturated carbocycles. The maximum atomic E-state index is 12.5. The molecule has 0 bridgehead atoms. The van der Waals surface area contributed by atoms with Gasteiger partial charge in [0.05, 0.1) is 6.54 Å². The summed E-state index contributed by atoms with van der Waals surface area (Å²) in [4.78, 5) is 19.3. The lowest BCUT2D eigenvalue weighted by Gasteiger charge is -2.21. The van der Waals surface area contributed by atoms with Crippen LogP contribution in [0.2, 0.25) is 0 Å². The molecule has 2 N–H and O–H groups in total. The molecule has 1 aliphatic heterocycles. The molecule has 2 aliphatic rings. The molecule has 1 aromatic heterocycles. The third-order valence-corrected chi connectivity index (χ3v) is 5.62. The number of nitrogens with zero attached hydrogens (tertiary/aromatic N) is 2. The SMILES string of the molecule is CCNC(=NCc1ccsc1)NC1CCN(C(=O)C2CCCC2)C1. The lowest BCUT2D eigenvalue weighted by molar-refractivity contribution is -0.134. The molecule has 5 nitrogen and oxygen atoms in total. The lowest BCUT2D eigenvalue weighted by atomic mass is 10.1. The van der Waals surface area contributed by atoms with Gasteiger partial charge in [0.1, 0.15) is 0 Å². The minimum Gasteiger partial charge on any atom is -0.357 e. The first-order valence-corrected chi connectivity index (χ1v) is 10.0. The van der Waals surface area contributed by atoms with Crippen molar-refractivity contribution in [2.45, 2.75) is 51.6 Å². The van der Waals surface area contributed by atoms with Crippen LogP contribution >= 0.6 is 11.3 Å². The number of aliphatic imine (C=N–C) groups is 1. The molecule has 2 heterocycles. The van der Waals surface area contributed by atoms with E-state index in [2.05, 4.69) is 44.3 Å². The van der Waals surface area contributed by atoms with Crippen LogP contribution in [0.5, 0.6) is 0 Å². The summed E-state index contributed by atoms with van der Waals surface area (Å²) in [5, 5.41) is 11.0. The van der Waals surface area contributed by atoms with Crippen molar-refractivity contribution in [1.29, 1.82) is 0 Å². The molecule has 1 amide bonds. The molecule has 1 aliphatic carbocycles. The molecule has 1 atom stereocenters. The van der Waals surface area contributed by atoms with Gasteiger partial charge in [-0.1, -0.05) is 12.8 Å². The molecule has 0 aromatic carbocycles. The van der Waals surface area contributed by atoms with Crippen molar-refractivity contribution < 1.29 is 4.79 Å². The van der Waals surface area contributed by atoms with Crippen molar-refractivity contribution in [2.24, 2.45) is 10.9 Å². The van der Waals surface area contributed by atoms with Gasteiger partial charge in [0.2, 0.25) is 5.91 Å². The van der Waals surface area contributed by atoms with E-state index in [0.717, 1.165) is 44.9 Å². The maximum Gasteiger partial charge on any atom is 0.225 e. The molecular weight excluding hydrogens is 320 g/mol. The van der Waals surface area contributed by atoms with Gasteiger partial charge in [0.15, 0.2) is 5.96 Å². The largest absolute Gasteiger partial charge is 0.357 e. The summed E-state index contributed by atoms with van der Waals surface area (Å²) in [6, 6.07) is 2.41. The van der Waals surface area contributed by atoms with Gasteiger partial charge in [-0.25, -0.2) is 4.99 Å². The number of hydrogen-bond donors (Lipinski definition) is 2. The number of thiophene rings is 1. The van der Waals surface area contributed by atoms with Crippen LogP contribution in [0.15, 0.2) is 21.8 Å². The molecule has 6 heteroatoms. The van der Waals surface area contributed by atoms with Gasteiger partial charge in [-0.3, -0.25) is 4.79 Å². The van der Waals surface area contributed by atoms with Crippen LogP contribution in [0, 0.1) is 5.92 Å². The Hall–Kier alpha value is -1.56. The molecule has 1 saturated heterocycles. The Morgan fingerprint density at radius 3 is 2.92 bits per heavy atom. The van der Waals surface area contributed by atoms with Crippen molar-refractivity contribution in [3.8, 4) is 0 Å². The van der Waals surface area contributed by atoms with E-state index in [0.29, 0.717) is 18.5 Å². The Kier molecular flexibility index (Phi) is 6.12. The van der Waals surface area contributed by atoms with Gasteiger partial charge in [-0.2, -0.15) is 11.3 Å². The fraction of sp³-hybridized carbons (Fsp3) is 0.667. The monoisotopic (exact) mass is 348 g/mol. The van der Waals surface area contributed by atoms with E-state index >= 15 is 0 Å². The fourth-order valence-electron chi connectivity index (χ4n) is 3.58. The summed E-state index contributed by atoms with van der Waals surface area (Å²) in [5.74, 6) is 1.50. The molecule has 2 fully saturated rings. The van der Waals surface area contributed by atoms with Crippen LogP contribution in [0.25, 0.3) is 0 Å². The minimum absolute atomic E-state index is 0.282. The van der Waals surface area contributed by atoms with Crippen LogP contribution in [0.3, 0.4) is 0 Å². The molecule has 132 valence electrons. The minimum atomic E-state index is 0.282. The number of hydrogen-bond acceptors (Lipinski definition) is 3. The Morgan fingerprint density at radius 2 is 2.21 bits per heavy atom. The summed E-state index contributed by atoms with van der Waals surface area (Å²) in [6.45, 7) is 5.28. The molecule has 24 heavy (non-hydrogen) atoms. The third-order valence-electron chi connectivity index (χ3n) is 4.89. The van der Waals surface area contributed by atoms with Gasteiger partial charge < -0.3 is 15.5 Å². The second-order valence-electron chi connectivity index (χ2n) is 6.72. The van der Waals surface area contributed by atoms with Crippen LogP contribution < -0.4 is 10.6 Å². The van der Waals surface area contributed by atoms with Crippen LogP contribution in [-0.4, -0.2) is 42.4 Å². The highest BCUT2D eigenvalue weighted by atomic mass is 32.1. The lowest BCUT2D eigenvalue weighted by Crippen LogP contribution is -2.45. The van der Waals surface area contributed by atoms with Crippen molar-refractivity contribution in [1.82, 2.24) is 15.5 Å². The van der Waals surface area contributed by atoms with Gasteiger partial charge in [0, 0.05) is 31.6 Å². The topological polar surface area (TPSA) is 56.7 Å². The first-order chi connectivity index (χ1) is 11.8. The first kappa shape index (κ1) is 17.3. The quantitative estimate of drug-likeness (QED) is 0.635. The highest BCUT2D eigenvalue weighted by Crippen LogP contribution is 2.27. The summed E-state index contributed by atoms with van der Waals surface area (Å²) in [7, 11) is 0. The van der Waals surface area contributed by atoms with Crippen molar-refractivity contribution >= 4 is 23.2 Å². The zero-order chi connectivity index (χ0) is 16.8. The fourth-order valence-corrected chi connectivity index (χ4v) is 4.24. The highest BCUT2D eigenvalue weighted by Gasteiger charge is 2.32. The molecule has 1 unspecified atom stereocenters. The van der Waals surface area contributed by atoms with Crippen LogP contribution in [0.1, 0.15) is 44.6 Å². The number of carbonyl (C=O) groups is 1. The molecule has 3 rings (SSSR count). The van der Waals surface area contributed by atoms with E-state index in [4.69, 9.17) is 0 Å². The Balaban J connectivity index is 1.51. The van der Waals surface area contributed by atoms with Gasteiger partial charge in [-0.05, 0) is 48.6 Å². The van der Waals surface area contributed by atoms with E-state index in [-0.39, 0.29) is 5.92 Å². The van der Waals surface area contributed by atoms with Crippen molar-refractivity contribution in [3.63, 3.8) is 0 Å². The molecular formula is C18H28N4OS. The average Bonchev–Trinajstić information content (AvgIpc) is 3.33. The normalized spacial score (nSPS) is 22.1. The maximum absolute atomic E-state index is 12.5. The van der Waals surface area contributed by atoms with Gasteiger partial charge in [-0.15, -0.1) is 0 Å². The second-order valence-corrected chi connectivity index (χ2v) is 7.50. The summed E-state index contributed by atoms with van der Waals surface area (Å²) in [5.41, 5.74) is 1.24. The van der Waals surface area contributed by atoms with E-state index < -0.39 is 0 Å². The number of carbonyl (C=O) groups excluding carboxylic acids is 1. The number of likely N-dealkylation sites (tertiary alicyclic amines) is 1. The number of guanidine groups is 1. The molecule has 0 spiro atoms. The van der Waals surface area contributed by atoms with Gasteiger partial charge >= 0.3 is 0 Å². The Labute approximate surface area is 148 Å². The predicted molar refractivity (Wildman–Crippen MR) is 99.2 cm³/mol. The summed E-state index contributed by atoms with van der Waals surface area (Å²) in [6.07, 6.45) is 5.59. The standard InChI is InChI=1S/C18H28N4OS/c1-2-19-18(20-11-14-8-10-24-13-14)21-16-7-9-22(12-16)17(23)15-5-3-4-6-15/h8,10,13,15-16H,2-7,9,11-12H2,1H3,(H2,19,20,21). The Morgan fingerprint density at radius 1 is 1.38 bits per heavy atom. The summed E-state index contributed by atoms with van der Waals surface area (Å²) >= 11 is 1.70. The number of amides is 1. The van der Waals surface area contributed by atoms with Crippen LogP contribution in [-0.2, 0) is 11.3 Å². The zero-order valence-electron chi connectivity index (χ0n) is 14.5. The van der Waals surface area contributed by atoms with Crippen LogP contribution in [0.4, 0.5) is 0 Å². The number of nitrogens with one attached hydrogen (secondary N) is 2. The van der Waals surface area contributed by atoms with E-state index in [1.165, 1.54) is 18.4 Å². The summed E-state index contributed by atoms with van der Waals surface area (Å²) < 4.78 is 0. The number of rotatable bonds is 5. The molecule has 0 radical (unpaired) electrons. The average molecular weight is 349 g/mol. The van der Waals surface area contributed by atoms with E-state index in [9.17, 15) is 4.79 Å². The first-order valence-electron chi connectivity index (χ1n) is 9.11. The zero-order valence-corrected chi connectivity index (χ0v) is 15.3. The van der Waals surface area contributed by atoms with E-state index in [1.807, 2.05) is 0 Å². The predicted octanol–water partition coefficient (Wildman–Crippen LogP) is 2.59. The molecule has 1 aromatic rings. The highest BCUT2D eigenvalue weighted by molar-refractivity contribution is 7.07. The third kappa shape index (κ3) is 4.50. The van der Waals surface area contributed by atoms with Crippen molar-refractivity contribution in [3.05, 3.63) is 22.4 Å². The van der Waals surface area contributed by atoms with Gasteiger partial charge in [0.25, 0.3) is 0 Å². The Bertz CT molecular complexity index is 551. The van der Waals surface area contributed by atoms with Crippen molar-refractivity contribution in [2.75, 3.05) is 19.6 Å². The van der Waals surface area contributed by atoms with E-state index in [1.54, 1.807) is 11.3 Å².